The van der Waals surface area contributed by atoms with Gasteiger partial charge in [0.1, 0.15) is 6.61 Å². The van der Waals surface area contributed by atoms with Gasteiger partial charge in [-0.05, 0) is 12.0 Å². The maximum Gasteiger partial charge on any atom is 0.408 e. The molecule has 1 aliphatic rings. The number of alkyl carbamates (subject to hydrolysis) is 1. The second-order valence-electron chi connectivity index (χ2n) is 4.70. The normalized spacial score (nSPS) is 24.8. The number of carbonyl (C=O) groups is 1. The summed E-state index contributed by atoms with van der Waals surface area (Å²) in [6.45, 7) is 3.54. The first-order valence-corrected chi connectivity index (χ1v) is 7.67. The highest BCUT2D eigenvalue weighted by Gasteiger charge is 2.66. The molecule has 0 radical (unpaired) electrons. The molecule has 1 aromatic rings. The van der Waals surface area contributed by atoms with E-state index in [1.54, 1.807) is 12.1 Å². The van der Waals surface area contributed by atoms with Crippen LogP contribution in [0.25, 0.3) is 0 Å². The summed E-state index contributed by atoms with van der Waals surface area (Å²) in [6, 6.07) is 9.03. The average Bonchev–Trinajstić information content (AvgIpc) is 3.12. The Bertz CT molecular complexity index is 555. The standard InChI is InChI=1S/C13H16NO5P/c1-2-11-8-13(11,20(16,17)18)14-12(15)19-9-10-6-4-3-5-7-10/h2-7,11H,1,8-9H2,(H,14,15)(H2,16,17,18). The number of nitrogens with one attached hydrogen (secondary N) is 1. The van der Waals surface area contributed by atoms with Crippen molar-refractivity contribution in [2.24, 2.45) is 5.92 Å². The lowest BCUT2D eigenvalue weighted by Gasteiger charge is -2.19. The van der Waals surface area contributed by atoms with Crippen LogP contribution in [-0.2, 0) is 15.9 Å². The van der Waals surface area contributed by atoms with Gasteiger partial charge < -0.3 is 19.8 Å². The molecule has 7 heteroatoms. The number of amides is 1. The van der Waals surface area contributed by atoms with Crippen LogP contribution in [0.3, 0.4) is 0 Å². The molecule has 0 saturated heterocycles. The SMILES string of the molecule is C=CC1CC1(NC(=O)OCc1ccccc1)P(=O)(O)O. The summed E-state index contributed by atoms with van der Waals surface area (Å²) < 4.78 is 16.4. The molecule has 6 nitrogen and oxygen atoms in total. The summed E-state index contributed by atoms with van der Waals surface area (Å²) in [6.07, 6.45) is 0.749. The highest BCUT2D eigenvalue weighted by molar-refractivity contribution is 7.54. The van der Waals surface area contributed by atoms with Crippen LogP contribution in [0.4, 0.5) is 4.79 Å². The van der Waals surface area contributed by atoms with E-state index in [-0.39, 0.29) is 13.0 Å². The lowest BCUT2D eigenvalue weighted by molar-refractivity contribution is 0.135. The molecule has 20 heavy (non-hydrogen) atoms. The van der Waals surface area contributed by atoms with Crippen molar-refractivity contribution in [2.75, 3.05) is 0 Å². The number of rotatable bonds is 5. The van der Waals surface area contributed by atoms with Gasteiger partial charge in [-0.25, -0.2) is 4.79 Å². The predicted octanol–water partition coefficient (Wildman–Crippen LogP) is 1.99. The van der Waals surface area contributed by atoms with E-state index in [9.17, 15) is 19.1 Å². The summed E-state index contributed by atoms with van der Waals surface area (Å²) in [7, 11) is -4.46. The van der Waals surface area contributed by atoms with Crippen molar-refractivity contribution in [1.29, 1.82) is 0 Å². The van der Waals surface area contributed by atoms with Crippen LogP contribution in [0.5, 0.6) is 0 Å². The second kappa shape index (κ2) is 5.40. The van der Waals surface area contributed by atoms with Crippen LogP contribution >= 0.6 is 7.60 Å². The van der Waals surface area contributed by atoms with Gasteiger partial charge in [-0.2, -0.15) is 0 Å². The smallest absolute Gasteiger partial charge is 0.408 e. The van der Waals surface area contributed by atoms with Gasteiger partial charge in [0.15, 0.2) is 5.28 Å². The molecule has 3 N–H and O–H groups in total. The Morgan fingerprint density at radius 2 is 2.15 bits per heavy atom. The van der Waals surface area contributed by atoms with Crippen LogP contribution in [0.1, 0.15) is 12.0 Å². The zero-order chi connectivity index (χ0) is 14.8. The van der Waals surface area contributed by atoms with Gasteiger partial charge in [0.05, 0.1) is 0 Å². The van der Waals surface area contributed by atoms with E-state index in [0.29, 0.717) is 0 Å². The Balaban J connectivity index is 1.94. The van der Waals surface area contributed by atoms with E-state index in [1.165, 1.54) is 6.08 Å². The molecule has 2 unspecified atom stereocenters. The zero-order valence-corrected chi connectivity index (χ0v) is 11.6. The van der Waals surface area contributed by atoms with E-state index in [2.05, 4.69) is 11.9 Å². The van der Waals surface area contributed by atoms with Crippen LogP contribution in [0.15, 0.2) is 43.0 Å². The van der Waals surface area contributed by atoms with Gasteiger partial charge in [0.25, 0.3) is 0 Å². The summed E-state index contributed by atoms with van der Waals surface area (Å²) >= 11 is 0. The Kier molecular flexibility index (Phi) is 3.99. The van der Waals surface area contributed by atoms with E-state index in [4.69, 9.17) is 4.74 Å². The minimum atomic E-state index is -4.46. The summed E-state index contributed by atoms with van der Waals surface area (Å²) in [5, 5.41) is 0.730. The molecule has 1 fully saturated rings. The second-order valence-corrected chi connectivity index (χ2v) is 6.59. The third kappa shape index (κ3) is 2.93. The summed E-state index contributed by atoms with van der Waals surface area (Å²) in [5.74, 6) is -0.437. The molecule has 0 heterocycles. The maximum atomic E-state index is 11.7. The fourth-order valence-electron chi connectivity index (χ4n) is 2.04. The van der Waals surface area contributed by atoms with E-state index >= 15 is 0 Å². The molecular weight excluding hydrogens is 281 g/mol. The highest BCUT2D eigenvalue weighted by atomic mass is 31.2. The first kappa shape index (κ1) is 14.8. The highest BCUT2D eigenvalue weighted by Crippen LogP contribution is 2.67. The largest absolute Gasteiger partial charge is 0.445 e. The fourth-order valence-corrected chi connectivity index (χ4v) is 3.25. The summed E-state index contributed by atoms with van der Waals surface area (Å²) in [5.41, 5.74) is 0.795. The van der Waals surface area contributed by atoms with Gasteiger partial charge in [-0.1, -0.05) is 36.4 Å². The molecule has 2 atom stereocenters. The Morgan fingerprint density at radius 1 is 1.50 bits per heavy atom. The Labute approximate surface area is 116 Å². The topological polar surface area (TPSA) is 95.9 Å². The van der Waals surface area contributed by atoms with E-state index in [1.807, 2.05) is 18.2 Å². The lowest BCUT2D eigenvalue weighted by atomic mass is 10.2. The molecule has 1 amide bonds. The number of carbonyl (C=O) groups excluding carboxylic acids is 1. The minimum absolute atomic E-state index is 0.0443. The molecule has 108 valence electrons. The van der Waals surface area contributed by atoms with Crippen LogP contribution in [0.2, 0.25) is 0 Å². The zero-order valence-electron chi connectivity index (χ0n) is 10.7. The molecule has 2 rings (SSSR count). The fraction of sp³-hybridized carbons (Fsp3) is 0.308. The lowest BCUT2D eigenvalue weighted by Crippen LogP contribution is -2.38. The van der Waals surface area contributed by atoms with Crippen molar-refractivity contribution in [1.82, 2.24) is 5.32 Å². The first-order chi connectivity index (χ1) is 9.39. The van der Waals surface area contributed by atoms with Crippen LogP contribution < -0.4 is 5.32 Å². The van der Waals surface area contributed by atoms with Crippen molar-refractivity contribution < 1.29 is 23.9 Å². The van der Waals surface area contributed by atoms with Crippen molar-refractivity contribution in [3.63, 3.8) is 0 Å². The molecular formula is C13H16NO5P. The molecule has 1 saturated carbocycles. The van der Waals surface area contributed by atoms with Crippen molar-refractivity contribution in [3.05, 3.63) is 48.6 Å². The average molecular weight is 297 g/mol. The molecule has 0 aliphatic heterocycles. The maximum absolute atomic E-state index is 11.7. The van der Waals surface area contributed by atoms with Crippen LogP contribution in [0, 0.1) is 5.92 Å². The Morgan fingerprint density at radius 3 is 2.65 bits per heavy atom. The van der Waals surface area contributed by atoms with Gasteiger partial charge in [-0.15, -0.1) is 6.58 Å². The monoisotopic (exact) mass is 297 g/mol. The molecule has 0 aromatic heterocycles. The van der Waals surface area contributed by atoms with E-state index < -0.39 is 24.9 Å². The number of ether oxygens (including phenoxy) is 1. The number of hydrogen-bond donors (Lipinski definition) is 3. The molecule has 1 aliphatic carbocycles. The van der Waals surface area contributed by atoms with Gasteiger partial charge >= 0.3 is 13.7 Å². The summed E-state index contributed by atoms with van der Waals surface area (Å²) in [4.78, 5) is 30.3. The Hall–Kier alpha value is -1.62. The van der Waals surface area contributed by atoms with Crippen molar-refractivity contribution >= 4 is 13.7 Å². The quantitative estimate of drug-likeness (QED) is 0.570. The van der Waals surface area contributed by atoms with Gasteiger partial charge in [0, 0.05) is 5.92 Å². The molecule has 0 bridgehead atoms. The van der Waals surface area contributed by atoms with Crippen molar-refractivity contribution in [2.45, 2.75) is 18.3 Å². The third-order valence-corrected chi connectivity index (χ3v) is 4.99. The predicted molar refractivity (Wildman–Crippen MR) is 72.8 cm³/mol. The first-order valence-electron chi connectivity index (χ1n) is 6.06. The minimum Gasteiger partial charge on any atom is -0.445 e. The van der Waals surface area contributed by atoms with E-state index in [0.717, 1.165) is 5.56 Å². The number of benzene rings is 1. The third-order valence-electron chi connectivity index (χ3n) is 3.32. The molecule has 1 aromatic carbocycles. The van der Waals surface area contributed by atoms with Crippen LogP contribution in [-0.4, -0.2) is 21.2 Å². The number of hydrogen-bond acceptors (Lipinski definition) is 3. The van der Waals surface area contributed by atoms with Crippen molar-refractivity contribution in [3.8, 4) is 0 Å². The van der Waals surface area contributed by atoms with Gasteiger partial charge in [-0.3, -0.25) is 4.57 Å². The van der Waals surface area contributed by atoms with Gasteiger partial charge in [0.2, 0.25) is 0 Å². The molecule has 0 spiro atoms.